The van der Waals surface area contributed by atoms with Crippen LogP contribution in [0.1, 0.15) is 242 Å². The lowest BCUT2D eigenvalue weighted by Gasteiger charge is -2.31. The highest BCUT2D eigenvalue weighted by molar-refractivity contribution is 7.92. The van der Waals surface area contributed by atoms with Crippen LogP contribution in [0.3, 0.4) is 0 Å². The van der Waals surface area contributed by atoms with Crippen LogP contribution in [0.4, 0.5) is 49.2 Å². The first-order valence-corrected chi connectivity index (χ1v) is 48.9. The number of carbonyl (C=O) groups is 4. The zero-order chi connectivity index (χ0) is 104. The maximum atomic E-state index is 12.6. The highest BCUT2D eigenvalue weighted by Gasteiger charge is 2.45. The van der Waals surface area contributed by atoms with E-state index < -0.39 is 34.2 Å². The molecule has 4 amide bonds. The summed E-state index contributed by atoms with van der Waals surface area (Å²) in [5, 5.41) is 8.93. The second-order valence-corrected chi connectivity index (χ2v) is 44.7. The molecular formula is C109H153F6N7O15S. The van der Waals surface area contributed by atoms with Crippen molar-refractivity contribution in [2.75, 3.05) is 146 Å². The summed E-state index contributed by atoms with van der Waals surface area (Å²) in [5.74, 6) is 1.56. The quantitative estimate of drug-likeness (QED) is 0.0941. The molecule has 0 saturated carbocycles. The predicted molar refractivity (Wildman–Crippen MR) is 541 cm³/mol. The van der Waals surface area contributed by atoms with Gasteiger partial charge in [0.15, 0.2) is 11.5 Å². The Hall–Kier alpha value is -10.6. The number of anilines is 4. The van der Waals surface area contributed by atoms with E-state index in [1.165, 1.54) is 38.9 Å². The Morgan fingerprint density at radius 1 is 0.449 bits per heavy atom. The van der Waals surface area contributed by atoms with Gasteiger partial charge in [-0.25, -0.2) is 13.4 Å². The highest BCUT2D eigenvalue weighted by Crippen LogP contribution is 2.44. The molecule has 0 atom stereocenters. The van der Waals surface area contributed by atoms with E-state index >= 15 is 0 Å². The molecule has 5 aliphatic rings. The number of halogens is 6. The van der Waals surface area contributed by atoms with E-state index in [0.717, 1.165) is 117 Å². The van der Waals surface area contributed by atoms with Crippen molar-refractivity contribution in [3.8, 4) is 40.2 Å². The molecule has 0 aliphatic carbocycles. The van der Waals surface area contributed by atoms with E-state index in [2.05, 4.69) is 201 Å². The van der Waals surface area contributed by atoms with Crippen molar-refractivity contribution < 1.29 is 96.9 Å². The minimum atomic E-state index is -4.89. The van der Waals surface area contributed by atoms with Crippen molar-refractivity contribution in [3.05, 3.63) is 214 Å². The van der Waals surface area contributed by atoms with Crippen molar-refractivity contribution in [2.45, 2.75) is 254 Å². The van der Waals surface area contributed by atoms with Crippen LogP contribution in [0.2, 0.25) is 0 Å². The predicted octanol–water partition coefficient (Wildman–Crippen LogP) is 22.6. The Morgan fingerprint density at radius 3 is 1.31 bits per heavy atom. The van der Waals surface area contributed by atoms with Gasteiger partial charge in [0.05, 0.1) is 78.4 Å². The molecule has 1 aromatic heterocycles. The SMILES string of the molecule is CC(C)(C)c1ccc(N2CCCC2=O)cc1.CC(C)(C)c1ccc2c(c1)N(C(=O)C(F)(F)F)CCO2.CC(C)(C)c1ccc2c(c1)N(S(C)(=O)=O)CCO2.CC(C)(C)c1cccc(CO)c1.CC(C)(C)c1cccc(OCCN2CCCC2=O)c1.CC(C)(C)c1cccc(OCCN2CCOCC2)c1.CN(C(=O)C(F)(F)F)c1cccc(C(C)(C)C)n1.COc1cc(C(C)(C)C)cc(OC)c1OC. The molecule has 7 aromatic carbocycles. The molecule has 29 heteroatoms. The minimum absolute atomic E-state index is 0.00949. The van der Waals surface area contributed by atoms with Crippen LogP contribution in [-0.2, 0) is 83.9 Å². The van der Waals surface area contributed by atoms with Gasteiger partial charge in [0.2, 0.25) is 27.6 Å². The van der Waals surface area contributed by atoms with Gasteiger partial charge in [-0.05, 0) is 180 Å². The molecule has 3 fully saturated rings. The number of hydrogen-bond acceptors (Lipinski definition) is 17. The van der Waals surface area contributed by atoms with E-state index in [1.54, 1.807) is 51.7 Å². The third-order valence-electron chi connectivity index (χ3n) is 23.2. The van der Waals surface area contributed by atoms with Crippen LogP contribution < -0.4 is 52.2 Å². The molecule has 22 nitrogen and oxygen atoms in total. The van der Waals surface area contributed by atoms with Gasteiger partial charge in [-0.15, -0.1) is 0 Å². The number of alkyl halides is 6. The van der Waals surface area contributed by atoms with E-state index in [9.17, 15) is 53.9 Å². The van der Waals surface area contributed by atoms with E-state index in [1.807, 2.05) is 112 Å². The van der Waals surface area contributed by atoms with Gasteiger partial charge in [0, 0.05) is 69.4 Å². The maximum Gasteiger partial charge on any atom is 0.471 e. The second-order valence-electron chi connectivity index (χ2n) is 42.8. The molecule has 0 radical (unpaired) electrons. The largest absolute Gasteiger partial charge is 0.493 e. The number of benzene rings is 7. The summed E-state index contributed by atoms with van der Waals surface area (Å²) in [7, 11) is 2.68. The molecule has 762 valence electrons. The van der Waals surface area contributed by atoms with Gasteiger partial charge in [-0.3, -0.25) is 38.2 Å². The summed E-state index contributed by atoms with van der Waals surface area (Å²) in [4.78, 5) is 57.1. The number of aromatic nitrogens is 1. The molecule has 0 spiro atoms. The Kier molecular flexibility index (Phi) is 41.6. The lowest BCUT2D eigenvalue weighted by molar-refractivity contribution is -0.170. The van der Waals surface area contributed by atoms with Crippen LogP contribution in [0.15, 0.2) is 164 Å². The van der Waals surface area contributed by atoms with Crippen LogP contribution in [0.25, 0.3) is 0 Å². The first kappa shape index (κ1) is 116. The molecule has 6 heterocycles. The number of carbonyl (C=O) groups excluding carboxylic acids is 4. The van der Waals surface area contributed by atoms with E-state index in [0.29, 0.717) is 84.2 Å². The van der Waals surface area contributed by atoms with Crippen molar-refractivity contribution in [3.63, 3.8) is 0 Å². The lowest BCUT2D eigenvalue weighted by atomic mass is 9.86. The third kappa shape index (κ3) is 36.2. The third-order valence-corrected chi connectivity index (χ3v) is 24.4. The molecule has 0 unspecified atom stereocenters. The van der Waals surface area contributed by atoms with Gasteiger partial charge in [-0.1, -0.05) is 245 Å². The highest BCUT2D eigenvalue weighted by atomic mass is 32.2. The number of nitrogens with zero attached hydrogens (tertiary/aromatic N) is 7. The molecular weight excluding hydrogens is 1790 g/mol. The summed E-state index contributed by atoms with van der Waals surface area (Å²) in [5.41, 5.74) is 11.9. The summed E-state index contributed by atoms with van der Waals surface area (Å²) in [6.45, 7) is 59.9. The molecule has 1 N–H and O–H groups in total. The first-order chi connectivity index (χ1) is 63.8. The zero-order valence-corrected chi connectivity index (χ0v) is 87.8. The average Bonchev–Trinajstić information content (AvgIpc) is 0.902. The number of likely N-dealkylation sites (tertiary alicyclic amines) is 1. The molecule has 5 aliphatic heterocycles. The van der Waals surface area contributed by atoms with Gasteiger partial charge >= 0.3 is 24.2 Å². The summed E-state index contributed by atoms with van der Waals surface area (Å²) < 4.78 is 143. The Morgan fingerprint density at radius 2 is 0.884 bits per heavy atom. The smallest absolute Gasteiger partial charge is 0.471 e. The fourth-order valence-corrected chi connectivity index (χ4v) is 15.4. The number of hydrogen-bond donors (Lipinski definition) is 1. The Bertz CT molecular complexity index is 5350. The maximum absolute atomic E-state index is 12.6. The molecule has 3 saturated heterocycles. The van der Waals surface area contributed by atoms with Crippen LogP contribution >= 0.6 is 0 Å². The molecule has 138 heavy (non-hydrogen) atoms. The van der Waals surface area contributed by atoms with Crippen molar-refractivity contribution in [2.24, 2.45) is 0 Å². The summed E-state index contributed by atoms with van der Waals surface area (Å²) in [6, 6.07) is 52.5. The Labute approximate surface area is 817 Å². The lowest BCUT2D eigenvalue weighted by Crippen LogP contribution is -2.45. The van der Waals surface area contributed by atoms with Gasteiger partial charge < -0.3 is 52.8 Å². The topological polar surface area (TPSA) is 229 Å². The first-order valence-electron chi connectivity index (χ1n) is 47.0. The monoisotopic (exact) mass is 1950 g/mol. The normalized spacial score (nSPS) is 14.8. The fourth-order valence-electron chi connectivity index (χ4n) is 14.5. The molecule has 0 bridgehead atoms. The summed E-state index contributed by atoms with van der Waals surface area (Å²) in [6.07, 6.45) is -5.19. The number of ether oxygens (including phenoxy) is 8. The van der Waals surface area contributed by atoms with Crippen LogP contribution in [0, 0.1) is 0 Å². The van der Waals surface area contributed by atoms with Crippen LogP contribution in [0.5, 0.6) is 40.2 Å². The number of fused-ring (bicyclic) bond motifs is 2. The van der Waals surface area contributed by atoms with Gasteiger partial charge in [-0.2, -0.15) is 26.3 Å². The van der Waals surface area contributed by atoms with Crippen molar-refractivity contribution in [1.82, 2.24) is 14.8 Å². The van der Waals surface area contributed by atoms with Gasteiger partial charge in [0.25, 0.3) is 0 Å². The number of rotatable bonds is 15. The summed E-state index contributed by atoms with van der Waals surface area (Å²) >= 11 is 0. The van der Waals surface area contributed by atoms with E-state index in [4.69, 9.17) is 43.0 Å². The number of pyridine rings is 1. The van der Waals surface area contributed by atoms with Crippen molar-refractivity contribution in [1.29, 1.82) is 0 Å². The minimum Gasteiger partial charge on any atom is -0.493 e. The van der Waals surface area contributed by atoms with Crippen LogP contribution in [-0.4, -0.2) is 191 Å². The zero-order valence-electron chi connectivity index (χ0n) is 87.0. The number of sulfonamides is 1. The number of amides is 4. The molecule has 13 rings (SSSR count). The molecule has 8 aromatic rings. The second kappa shape index (κ2) is 49.5. The van der Waals surface area contributed by atoms with Crippen molar-refractivity contribution >= 4 is 56.5 Å². The van der Waals surface area contributed by atoms with Gasteiger partial charge in [0.1, 0.15) is 55.2 Å². The van der Waals surface area contributed by atoms with E-state index in [-0.39, 0.29) is 86.4 Å². The Balaban J connectivity index is 0.000000243. The standard InChI is InChI=1S/C16H23NO2.C16H25NO2.C14H16F3NO2.C14H19NO.C13H19NO3S.C13H20O3.C12H15F3N2O.C11H16O/c1-16(2,3)13-6-4-7-14(12-13)19-11-10-17-9-5-8-15(17)18;1-16(2,3)14-5-4-6-15(13-14)19-12-9-17-7-10-18-11-8-17;1-13(2,3)9-4-5-11-10(8-9)18(6-7-20-11)12(19)14(15,16)17;1-14(2,3)11-6-8-12(9-7-11)15-10-4-5-13(15)16;1-13(2,3)10-5-6-12-11(9-10)14(7-8-17-12)18(4,15)16;1-13(2,3)9-7-10(14-4)12(16-6)11(8-9)15-5;1-11(2,3)8-6-5-7-9(16-8)17(4)10(18)12(13,14)15;1-11(2,3)10-6-4-5-9(7-10)8-12/h4,6-7,12H,5,8-11H2,1-3H3;4-6,13H,7-12H2,1-3H3;4-5,8H,6-7H2,1-3H3;6-9H,4-5,10H2,1-3H3;5-6,9H,7-8H2,1-4H3;7-8H,1-6H3;5-7H,1-4H3;4-7,12H,8H2,1-3H3. The number of aliphatic hydroxyl groups is 1. The number of morpholine rings is 1. The number of methoxy groups -OCH3 is 3. The fraction of sp³-hybridized carbons (Fsp3) is 0.532. The number of aliphatic hydroxyl groups excluding tert-OH is 1. The average molecular weight is 1950 g/mol.